The maximum atomic E-state index is 2.47. The largest absolute Gasteiger partial charge is 0.310 e. The second kappa shape index (κ2) is 15.0. The van der Waals surface area contributed by atoms with Crippen molar-refractivity contribution in [3.63, 3.8) is 0 Å². The number of fused-ring (bicyclic) bond motifs is 7. The summed E-state index contributed by atoms with van der Waals surface area (Å²) in [7, 11) is 0. The molecule has 0 radical (unpaired) electrons. The second-order valence-electron chi connectivity index (χ2n) is 16.0. The minimum absolute atomic E-state index is 1.11. The molecule has 1 nitrogen and oxygen atoms in total. The fraction of sp³-hybridized carbons (Fsp3) is 0. The number of benzene rings is 11. The summed E-state index contributed by atoms with van der Waals surface area (Å²) in [6.07, 6.45) is 0. The molecule has 1 heterocycles. The van der Waals surface area contributed by atoms with Crippen LogP contribution in [0.5, 0.6) is 0 Å². The molecule has 0 unspecified atom stereocenters. The predicted octanol–water partition coefficient (Wildman–Crippen LogP) is 17.7. The summed E-state index contributed by atoms with van der Waals surface area (Å²) in [4.78, 5) is 2.47. The van der Waals surface area contributed by atoms with Crippen LogP contribution in [0.25, 0.3) is 97.0 Å². The quantitative estimate of drug-likeness (QED) is 0.145. The first-order valence-corrected chi connectivity index (χ1v) is 22.1. The van der Waals surface area contributed by atoms with Crippen molar-refractivity contribution >= 4 is 80.9 Å². The van der Waals surface area contributed by atoms with Crippen molar-refractivity contribution < 1.29 is 0 Å². The first-order chi connectivity index (χ1) is 30.8. The van der Waals surface area contributed by atoms with E-state index in [-0.39, 0.29) is 0 Å². The summed E-state index contributed by atoms with van der Waals surface area (Å²) in [5.41, 5.74) is 13.1. The topological polar surface area (TPSA) is 3.24 Å². The number of nitrogens with zero attached hydrogens (tertiary/aromatic N) is 1. The van der Waals surface area contributed by atoms with Crippen molar-refractivity contribution in [2.75, 3.05) is 4.90 Å². The van der Waals surface area contributed by atoms with Crippen LogP contribution in [0.1, 0.15) is 0 Å². The van der Waals surface area contributed by atoms with Gasteiger partial charge in [0.05, 0.1) is 5.69 Å². The number of hydrogen-bond donors (Lipinski definition) is 0. The summed E-state index contributed by atoms with van der Waals surface area (Å²) in [5.74, 6) is 0. The highest BCUT2D eigenvalue weighted by Gasteiger charge is 2.22. The van der Waals surface area contributed by atoms with Crippen molar-refractivity contribution in [2.24, 2.45) is 0 Å². The monoisotopic (exact) mass is 805 g/mol. The molecule has 62 heavy (non-hydrogen) atoms. The molecule has 1 aromatic heterocycles. The van der Waals surface area contributed by atoms with Crippen LogP contribution in [0.15, 0.2) is 237 Å². The van der Waals surface area contributed by atoms with Crippen molar-refractivity contribution in [1.29, 1.82) is 0 Å². The minimum Gasteiger partial charge on any atom is -0.310 e. The van der Waals surface area contributed by atoms with Crippen molar-refractivity contribution in [3.05, 3.63) is 237 Å². The van der Waals surface area contributed by atoms with Gasteiger partial charge in [-0.1, -0.05) is 194 Å². The Morgan fingerprint density at radius 2 is 0.806 bits per heavy atom. The molecule has 0 aliphatic heterocycles. The lowest BCUT2D eigenvalue weighted by molar-refractivity contribution is 1.31. The van der Waals surface area contributed by atoms with Gasteiger partial charge in [-0.15, -0.1) is 11.3 Å². The van der Waals surface area contributed by atoms with Crippen LogP contribution < -0.4 is 4.90 Å². The average molecular weight is 806 g/mol. The third-order valence-corrected chi connectivity index (χ3v) is 13.6. The summed E-state index contributed by atoms with van der Waals surface area (Å²) < 4.78 is 2.57. The van der Waals surface area contributed by atoms with Crippen LogP contribution in [0, 0.1) is 0 Å². The Labute approximate surface area is 365 Å². The van der Waals surface area contributed by atoms with E-state index in [1.54, 1.807) is 0 Å². The minimum atomic E-state index is 1.11. The highest BCUT2D eigenvalue weighted by atomic mass is 32.1. The third-order valence-electron chi connectivity index (χ3n) is 12.5. The highest BCUT2D eigenvalue weighted by Crippen LogP contribution is 2.49. The lowest BCUT2D eigenvalue weighted by Crippen LogP contribution is -2.10. The van der Waals surface area contributed by atoms with Crippen molar-refractivity contribution in [3.8, 4) is 44.5 Å². The zero-order valence-corrected chi connectivity index (χ0v) is 34.7. The molecule has 0 atom stereocenters. The Balaban J connectivity index is 1.06. The van der Waals surface area contributed by atoms with Gasteiger partial charge in [0.25, 0.3) is 0 Å². The van der Waals surface area contributed by atoms with E-state index in [1.807, 2.05) is 11.3 Å². The Bertz CT molecular complexity index is 3600. The molecule has 0 N–H and O–H groups in total. The molecule has 0 amide bonds. The standard InChI is InChI=1S/C60H39NS/c1-3-16-44(17-4-1)58-52-23-10-9-22-50(52)51-38-37-47(39-54(51)59(58)45-18-5-2-6-19-45)61(55-26-14-28-57-60(55)53-24-11-12-27-56(53)62-57)46-35-33-41(34-36-46)40-29-31-43(32-30-40)49-25-13-20-42-15-7-8-21-48(42)49/h1-39H. The Morgan fingerprint density at radius 1 is 0.290 bits per heavy atom. The first kappa shape index (κ1) is 36.1. The number of rotatable bonds is 7. The molecule has 0 aliphatic carbocycles. The van der Waals surface area contributed by atoms with Crippen LogP contribution in [0.2, 0.25) is 0 Å². The number of hydrogen-bond acceptors (Lipinski definition) is 2. The van der Waals surface area contributed by atoms with Gasteiger partial charge >= 0.3 is 0 Å². The van der Waals surface area contributed by atoms with Gasteiger partial charge in [0, 0.05) is 31.5 Å². The number of thiophene rings is 1. The van der Waals surface area contributed by atoms with E-state index in [2.05, 4.69) is 241 Å². The Kier molecular flexibility index (Phi) is 8.76. The normalized spacial score (nSPS) is 11.5. The molecule has 0 bridgehead atoms. The van der Waals surface area contributed by atoms with Crippen LogP contribution in [0.3, 0.4) is 0 Å². The van der Waals surface area contributed by atoms with Crippen LogP contribution >= 0.6 is 11.3 Å². The predicted molar refractivity (Wildman–Crippen MR) is 268 cm³/mol. The van der Waals surface area contributed by atoms with Gasteiger partial charge in [0.2, 0.25) is 0 Å². The zero-order valence-electron chi connectivity index (χ0n) is 33.9. The van der Waals surface area contributed by atoms with Gasteiger partial charge in [0.15, 0.2) is 0 Å². The summed E-state index contributed by atoms with van der Waals surface area (Å²) in [5, 5.41) is 10.0. The van der Waals surface area contributed by atoms with Crippen LogP contribution in [-0.2, 0) is 0 Å². The summed E-state index contributed by atoms with van der Waals surface area (Å²) in [6, 6.07) is 86.7. The third kappa shape index (κ3) is 6.07. The molecule has 0 fully saturated rings. The van der Waals surface area contributed by atoms with Gasteiger partial charge in [0.1, 0.15) is 0 Å². The fourth-order valence-corrected chi connectivity index (χ4v) is 10.7. The van der Waals surface area contributed by atoms with E-state index in [4.69, 9.17) is 0 Å². The van der Waals surface area contributed by atoms with Crippen LogP contribution in [0.4, 0.5) is 17.1 Å². The molecule has 2 heteroatoms. The average Bonchev–Trinajstić information content (AvgIpc) is 3.74. The van der Waals surface area contributed by atoms with E-state index >= 15 is 0 Å². The van der Waals surface area contributed by atoms with E-state index in [0.717, 1.165) is 17.1 Å². The smallest absolute Gasteiger partial charge is 0.0554 e. The van der Waals surface area contributed by atoms with E-state index < -0.39 is 0 Å². The van der Waals surface area contributed by atoms with Gasteiger partial charge < -0.3 is 4.90 Å². The van der Waals surface area contributed by atoms with Gasteiger partial charge in [-0.3, -0.25) is 0 Å². The fourth-order valence-electron chi connectivity index (χ4n) is 9.62. The molecule has 290 valence electrons. The first-order valence-electron chi connectivity index (χ1n) is 21.3. The van der Waals surface area contributed by atoms with Crippen molar-refractivity contribution in [1.82, 2.24) is 0 Å². The summed E-state index contributed by atoms with van der Waals surface area (Å²) in [6.45, 7) is 0. The zero-order chi connectivity index (χ0) is 41.0. The lowest BCUT2D eigenvalue weighted by Gasteiger charge is -2.28. The van der Waals surface area contributed by atoms with Crippen molar-refractivity contribution in [2.45, 2.75) is 0 Å². The summed E-state index contributed by atoms with van der Waals surface area (Å²) >= 11 is 1.86. The molecule has 0 saturated carbocycles. The highest BCUT2D eigenvalue weighted by molar-refractivity contribution is 7.26. The SMILES string of the molecule is c1ccc(-c2c(-c3ccccc3)c3cc(N(c4ccc(-c5ccc(-c6cccc7ccccc67)cc5)cc4)c4cccc5sc6ccccc6c45)ccc3c3ccccc23)cc1. The van der Waals surface area contributed by atoms with Gasteiger partial charge in [-0.25, -0.2) is 0 Å². The molecular weight excluding hydrogens is 767 g/mol. The molecule has 0 spiro atoms. The lowest BCUT2D eigenvalue weighted by atomic mass is 9.85. The molecule has 11 aromatic carbocycles. The molecule has 0 aliphatic rings. The van der Waals surface area contributed by atoms with Gasteiger partial charge in [-0.2, -0.15) is 0 Å². The maximum absolute atomic E-state index is 2.47. The maximum Gasteiger partial charge on any atom is 0.0554 e. The Morgan fingerprint density at radius 3 is 1.55 bits per heavy atom. The van der Waals surface area contributed by atoms with E-state index in [9.17, 15) is 0 Å². The van der Waals surface area contributed by atoms with E-state index in [1.165, 1.54) is 97.0 Å². The van der Waals surface area contributed by atoms with Gasteiger partial charge in [-0.05, 0) is 119 Å². The molecular formula is C60H39NS. The molecule has 0 saturated heterocycles. The van der Waals surface area contributed by atoms with Crippen LogP contribution in [-0.4, -0.2) is 0 Å². The Hall–Kier alpha value is -7.78. The van der Waals surface area contributed by atoms with E-state index in [0.29, 0.717) is 0 Å². The number of anilines is 3. The second-order valence-corrected chi connectivity index (χ2v) is 17.1. The molecule has 12 rings (SSSR count). The molecule has 12 aromatic rings.